The molecule has 1 aliphatic rings. The largest absolute Gasteiger partial charge is 0.296 e. The molecule has 1 rings (SSSR count). The summed E-state index contributed by atoms with van der Waals surface area (Å²) in [5, 5.41) is 2.37. The van der Waals surface area contributed by atoms with Crippen molar-refractivity contribution in [2.45, 2.75) is 44.9 Å². The highest BCUT2D eigenvalue weighted by Crippen LogP contribution is 2.08. The maximum atomic E-state index is 11.0. The van der Waals surface area contributed by atoms with Gasteiger partial charge in [-0.25, -0.2) is 0 Å². The van der Waals surface area contributed by atoms with Gasteiger partial charge in [-0.2, -0.15) is 0 Å². The highest BCUT2D eigenvalue weighted by molar-refractivity contribution is 5.95. The van der Waals surface area contributed by atoms with Crippen LogP contribution in [0.5, 0.6) is 0 Å². The Labute approximate surface area is 72.5 Å². The minimum absolute atomic E-state index is 0.109. The highest BCUT2D eigenvalue weighted by Gasteiger charge is 2.08. The average molecular weight is 169 g/mol. The van der Waals surface area contributed by atoms with Crippen LogP contribution in [0.2, 0.25) is 0 Å². The van der Waals surface area contributed by atoms with Gasteiger partial charge in [0, 0.05) is 12.8 Å². The number of imide groups is 1. The van der Waals surface area contributed by atoms with Crippen LogP contribution in [0.4, 0.5) is 0 Å². The van der Waals surface area contributed by atoms with Crippen molar-refractivity contribution in [1.29, 1.82) is 0 Å². The van der Waals surface area contributed by atoms with Crippen LogP contribution in [-0.4, -0.2) is 11.8 Å². The molecule has 0 spiro atoms. The van der Waals surface area contributed by atoms with Crippen LogP contribution in [0.25, 0.3) is 0 Å². The van der Waals surface area contributed by atoms with Gasteiger partial charge < -0.3 is 0 Å². The molecule has 0 radical (unpaired) electrons. The van der Waals surface area contributed by atoms with Gasteiger partial charge in [-0.3, -0.25) is 14.9 Å². The van der Waals surface area contributed by atoms with E-state index < -0.39 is 0 Å². The minimum Gasteiger partial charge on any atom is -0.296 e. The van der Waals surface area contributed by atoms with Crippen molar-refractivity contribution in [1.82, 2.24) is 5.32 Å². The third kappa shape index (κ3) is 3.51. The van der Waals surface area contributed by atoms with E-state index in [4.69, 9.17) is 0 Å². The Morgan fingerprint density at radius 2 is 1.17 bits per heavy atom. The number of carbonyl (C=O) groups is 2. The van der Waals surface area contributed by atoms with Gasteiger partial charge in [-0.15, -0.1) is 0 Å². The molecule has 2 amide bonds. The Morgan fingerprint density at radius 1 is 0.750 bits per heavy atom. The lowest BCUT2D eigenvalue weighted by molar-refractivity contribution is -0.130. The predicted molar refractivity (Wildman–Crippen MR) is 45.5 cm³/mol. The summed E-state index contributed by atoms with van der Waals surface area (Å²) >= 11 is 0. The lowest BCUT2D eigenvalue weighted by Gasteiger charge is -2.06. The fourth-order valence-electron chi connectivity index (χ4n) is 1.38. The normalized spacial score (nSPS) is 21.7. The summed E-state index contributed by atoms with van der Waals surface area (Å²) in [7, 11) is 0. The molecule has 0 bridgehead atoms. The van der Waals surface area contributed by atoms with E-state index in [1.807, 2.05) is 0 Å². The Hall–Kier alpha value is -0.860. The summed E-state index contributed by atoms with van der Waals surface area (Å²) in [4.78, 5) is 22.0. The van der Waals surface area contributed by atoms with E-state index in [1.54, 1.807) is 0 Å². The molecule has 0 aliphatic carbocycles. The Bertz CT molecular complexity index is 159. The van der Waals surface area contributed by atoms with Crippen LogP contribution in [0.1, 0.15) is 44.9 Å². The molecule has 1 aliphatic heterocycles. The molecule has 0 unspecified atom stereocenters. The van der Waals surface area contributed by atoms with E-state index in [-0.39, 0.29) is 11.8 Å². The molecule has 0 aromatic rings. The standard InChI is InChI=1S/C9H15NO2/c11-8-6-4-2-1-3-5-7-9(12)10-8/h1-7H2,(H,10,11,12). The molecule has 3 heteroatoms. The van der Waals surface area contributed by atoms with Crippen molar-refractivity contribution >= 4 is 11.8 Å². The van der Waals surface area contributed by atoms with E-state index in [0.717, 1.165) is 32.1 Å². The molecule has 1 heterocycles. The van der Waals surface area contributed by atoms with Gasteiger partial charge >= 0.3 is 0 Å². The van der Waals surface area contributed by atoms with E-state index in [9.17, 15) is 9.59 Å². The molecule has 1 saturated heterocycles. The first-order valence-corrected chi connectivity index (χ1v) is 4.62. The fourth-order valence-corrected chi connectivity index (χ4v) is 1.38. The molecule has 12 heavy (non-hydrogen) atoms. The molecule has 1 N–H and O–H groups in total. The Kier molecular flexibility index (Phi) is 3.77. The molecular formula is C9H15NO2. The van der Waals surface area contributed by atoms with E-state index in [0.29, 0.717) is 12.8 Å². The second-order valence-corrected chi connectivity index (χ2v) is 3.24. The SMILES string of the molecule is O=C1CCCCCCCC(=O)N1. The van der Waals surface area contributed by atoms with Crippen molar-refractivity contribution in [3.63, 3.8) is 0 Å². The monoisotopic (exact) mass is 169 g/mol. The van der Waals surface area contributed by atoms with Crippen molar-refractivity contribution in [3.8, 4) is 0 Å². The molecule has 0 atom stereocenters. The maximum Gasteiger partial charge on any atom is 0.226 e. The Balaban J connectivity index is 2.34. The first kappa shape index (κ1) is 9.23. The first-order chi connectivity index (χ1) is 5.79. The first-order valence-electron chi connectivity index (χ1n) is 4.62. The van der Waals surface area contributed by atoms with E-state index >= 15 is 0 Å². The van der Waals surface area contributed by atoms with Gasteiger partial charge in [0.25, 0.3) is 0 Å². The second kappa shape index (κ2) is 4.91. The third-order valence-electron chi connectivity index (χ3n) is 2.09. The van der Waals surface area contributed by atoms with Gasteiger partial charge in [-0.1, -0.05) is 19.3 Å². The van der Waals surface area contributed by atoms with Crippen LogP contribution >= 0.6 is 0 Å². The summed E-state index contributed by atoms with van der Waals surface area (Å²) in [5.41, 5.74) is 0. The highest BCUT2D eigenvalue weighted by atomic mass is 16.2. The minimum atomic E-state index is -0.109. The summed E-state index contributed by atoms with van der Waals surface area (Å²) in [6, 6.07) is 0. The van der Waals surface area contributed by atoms with Crippen LogP contribution in [0, 0.1) is 0 Å². The number of hydrogen-bond acceptors (Lipinski definition) is 2. The van der Waals surface area contributed by atoms with Crippen molar-refractivity contribution in [2.24, 2.45) is 0 Å². The number of amides is 2. The molecule has 0 saturated carbocycles. The fraction of sp³-hybridized carbons (Fsp3) is 0.778. The van der Waals surface area contributed by atoms with Crippen LogP contribution in [0.3, 0.4) is 0 Å². The second-order valence-electron chi connectivity index (χ2n) is 3.24. The topological polar surface area (TPSA) is 46.2 Å². The van der Waals surface area contributed by atoms with Crippen molar-refractivity contribution < 1.29 is 9.59 Å². The van der Waals surface area contributed by atoms with Gasteiger partial charge in [-0.05, 0) is 12.8 Å². The molecule has 68 valence electrons. The number of carbonyl (C=O) groups excluding carboxylic acids is 2. The molecule has 1 fully saturated rings. The van der Waals surface area contributed by atoms with E-state index in [2.05, 4.69) is 5.32 Å². The summed E-state index contributed by atoms with van der Waals surface area (Å²) in [6.45, 7) is 0. The molecule has 0 aromatic heterocycles. The Morgan fingerprint density at radius 3 is 1.67 bits per heavy atom. The summed E-state index contributed by atoms with van der Waals surface area (Å²) in [5.74, 6) is -0.219. The zero-order valence-electron chi connectivity index (χ0n) is 7.27. The van der Waals surface area contributed by atoms with Gasteiger partial charge in [0.2, 0.25) is 11.8 Å². The van der Waals surface area contributed by atoms with Crippen LogP contribution < -0.4 is 5.32 Å². The van der Waals surface area contributed by atoms with Gasteiger partial charge in [0.15, 0.2) is 0 Å². The molecular weight excluding hydrogens is 154 g/mol. The van der Waals surface area contributed by atoms with Crippen LogP contribution in [-0.2, 0) is 9.59 Å². The molecule has 3 nitrogen and oxygen atoms in total. The maximum absolute atomic E-state index is 11.0. The summed E-state index contributed by atoms with van der Waals surface area (Å²) < 4.78 is 0. The van der Waals surface area contributed by atoms with Crippen LogP contribution in [0.15, 0.2) is 0 Å². The van der Waals surface area contributed by atoms with E-state index in [1.165, 1.54) is 0 Å². The smallest absolute Gasteiger partial charge is 0.226 e. The number of rotatable bonds is 0. The van der Waals surface area contributed by atoms with Gasteiger partial charge in [0.1, 0.15) is 0 Å². The zero-order chi connectivity index (χ0) is 8.81. The number of hydrogen-bond donors (Lipinski definition) is 1. The third-order valence-corrected chi connectivity index (χ3v) is 2.09. The number of nitrogens with one attached hydrogen (secondary N) is 1. The van der Waals surface area contributed by atoms with Crippen molar-refractivity contribution in [3.05, 3.63) is 0 Å². The lowest BCUT2D eigenvalue weighted by Crippen LogP contribution is -2.30. The average Bonchev–Trinajstić information content (AvgIpc) is 2.02. The van der Waals surface area contributed by atoms with Gasteiger partial charge in [0.05, 0.1) is 0 Å². The predicted octanol–water partition coefficient (Wildman–Crippen LogP) is 1.37. The van der Waals surface area contributed by atoms with Crippen molar-refractivity contribution in [2.75, 3.05) is 0 Å². The summed E-state index contributed by atoms with van der Waals surface area (Å²) in [6.07, 6.45) is 6.22. The zero-order valence-corrected chi connectivity index (χ0v) is 7.27. The quantitative estimate of drug-likeness (QED) is 0.557. The lowest BCUT2D eigenvalue weighted by atomic mass is 10.1. The molecule has 0 aromatic carbocycles.